The molecule has 0 bridgehead atoms. The first-order valence-electron chi connectivity index (χ1n) is 7.10. The van der Waals surface area contributed by atoms with Gasteiger partial charge in [-0.2, -0.15) is 0 Å². The van der Waals surface area contributed by atoms with Gasteiger partial charge < -0.3 is 14.8 Å². The molecule has 0 saturated heterocycles. The number of hydrogen-bond acceptors (Lipinski definition) is 5. The Kier molecular flexibility index (Phi) is 6.13. The molecular formula is C17H15BrN2O5. The molecule has 25 heavy (non-hydrogen) atoms. The van der Waals surface area contributed by atoms with Gasteiger partial charge in [0, 0.05) is 12.1 Å². The van der Waals surface area contributed by atoms with E-state index in [4.69, 9.17) is 9.47 Å². The molecule has 0 saturated carbocycles. The van der Waals surface area contributed by atoms with Crippen LogP contribution < -0.4 is 14.8 Å². The van der Waals surface area contributed by atoms with Gasteiger partial charge in [-0.05, 0) is 45.8 Å². The fraction of sp³-hybridized carbons (Fsp3) is 0.118. The topological polar surface area (TPSA) is 90.7 Å². The number of amides is 1. The summed E-state index contributed by atoms with van der Waals surface area (Å²) in [4.78, 5) is 22.4. The largest absolute Gasteiger partial charge is 0.493 e. The van der Waals surface area contributed by atoms with Crippen molar-refractivity contribution in [1.29, 1.82) is 0 Å². The predicted octanol–water partition coefficient (Wildman–Crippen LogP) is 4.03. The Labute approximate surface area is 152 Å². The molecule has 8 heteroatoms. The number of nitro benzene ring substituents is 1. The highest BCUT2D eigenvalue weighted by atomic mass is 79.9. The number of anilines is 1. The Morgan fingerprint density at radius 2 is 1.96 bits per heavy atom. The number of carbonyl (C=O) groups is 1. The van der Waals surface area contributed by atoms with E-state index in [0.717, 1.165) is 0 Å². The molecule has 0 radical (unpaired) electrons. The van der Waals surface area contributed by atoms with Gasteiger partial charge in [-0.1, -0.05) is 12.1 Å². The van der Waals surface area contributed by atoms with Crippen LogP contribution >= 0.6 is 15.9 Å². The van der Waals surface area contributed by atoms with E-state index in [0.29, 0.717) is 21.5 Å². The summed E-state index contributed by atoms with van der Waals surface area (Å²) in [5.74, 6) is 0.569. The van der Waals surface area contributed by atoms with E-state index in [-0.39, 0.29) is 11.4 Å². The van der Waals surface area contributed by atoms with Crippen molar-refractivity contribution in [2.75, 3.05) is 19.5 Å². The van der Waals surface area contributed by atoms with Gasteiger partial charge in [0.2, 0.25) is 5.91 Å². The Morgan fingerprint density at radius 3 is 2.60 bits per heavy atom. The highest BCUT2D eigenvalue weighted by Gasteiger charge is 2.14. The van der Waals surface area contributed by atoms with Crippen LogP contribution in [0.25, 0.3) is 6.08 Å². The molecule has 0 aliphatic heterocycles. The van der Waals surface area contributed by atoms with Crippen molar-refractivity contribution >= 4 is 39.3 Å². The highest BCUT2D eigenvalue weighted by Crippen LogP contribution is 2.36. The smallest absolute Gasteiger partial charge is 0.292 e. The minimum absolute atomic E-state index is 0.135. The fourth-order valence-electron chi connectivity index (χ4n) is 2.12. The van der Waals surface area contributed by atoms with Crippen LogP contribution in [0.3, 0.4) is 0 Å². The number of nitrogens with zero attached hydrogens (tertiary/aromatic N) is 1. The quantitative estimate of drug-likeness (QED) is 0.444. The van der Waals surface area contributed by atoms with Crippen LogP contribution in [0.2, 0.25) is 0 Å². The van der Waals surface area contributed by atoms with E-state index in [2.05, 4.69) is 21.2 Å². The number of benzene rings is 2. The van der Waals surface area contributed by atoms with Crippen LogP contribution in [0.4, 0.5) is 11.4 Å². The lowest BCUT2D eigenvalue weighted by Gasteiger charge is -2.10. The average Bonchev–Trinajstić information content (AvgIpc) is 2.59. The van der Waals surface area contributed by atoms with E-state index >= 15 is 0 Å². The lowest BCUT2D eigenvalue weighted by atomic mass is 10.2. The summed E-state index contributed by atoms with van der Waals surface area (Å²) in [6, 6.07) is 9.40. The molecule has 2 aromatic rings. The van der Waals surface area contributed by atoms with Crippen LogP contribution in [-0.4, -0.2) is 25.1 Å². The molecule has 0 unspecified atom stereocenters. The van der Waals surface area contributed by atoms with Gasteiger partial charge in [-0.3, -0.25) is 14.9 Å². The lowest BCUT2D eigenvalue weighted by Crippen LogP contribution is -2.09. The molecule has 1 amide bonds. The molecule has 130 valence electrons. The lowest BCUT2D eigenvalue weighted by molar-refractivity contribution is -0.383. The molecule has 1 N–H and O–H groups in total. The van der Waals surface area contributed by atoms with E-state index < -0.39 is 10.8 Å². The summed E-state index contributed by atoms with van der Waals surface area (Å²) in [5.41, 5.74) is 0.663. The maximum atomic E-state index is 12.0. The fourth-order valence-corrected chi connectivity index (χ4v) is 2.74. The highest BCUT2D eigenvalue weighted by molar-refractivity contribution is 9.10. The summed E-state index contributed by atoms with van der Waals surface area (Å²) in [7, 11) is 3.04. The summed E-state index contributed by atoms with van der Waals surface area (Å²) in [6.45, 7) is 0. The first-order valence-corrected chi connectivity index (χ1v) is 7.89. The van der Waals surface area contributed by atoms with E-state index in [9.17, 15) is 14.9 Å². The minimum Gasteiger partial charge on any atom is -0.493 e. The number of carbonyl (C=O) groups excluding carboxylic acids is 1. The maximum Gasteiger partial charge on any atom is 0.292 e. The van der Waals surface area contributed by atoms with Gasteiger partial charge in [-0.25, -0.2) is 0 Å². The molecular weight excluding hydrogens is 392 g/mol. The zero-order valence-corrected chi connectivity index (χ0v) is 15.1. The van der Waals surface area contributed by atoms with Crippen molar-refractivity contribution in [3.63, 3.8) is 0 Å². The molecule has 0 aliphatic carbocycles. The number of para-hydroxylation sites is 2. The average molecular weight is 407 g/mol. The van der Waals surface area contributed by atoms with Crippen molar-refractivity contribution in [2.45, 2.75) is 0 Å². The van der Waals surface area contributed by atoms with Crippen LogP contribution in [0.5, 0.6) is 11.5 Å². The zero-order valence-electron chi connectivity index (χ0n) is 13.5. The Bertz CT molecular complexity index is 836. The Balaban J connectivity index is 2.19. The standard InChI is InChI=1S/C17H15BrN2O5/c1-24-15-10-11(9-12(18)17(15)25-2)7-8-16(21)19-13-5-3-4-6-14(13)20(22)23/h3-10H,1-2H3,(H,19,21)/b8-7+. The van der Waals surface area contributed by atoms with Gasteiger partial charge in [0.1, 0.15) is 5.69 Å². The number of halogens is 1. The summed E-state index contributed by atoms with van der Waals surface area (Å²) < 4.78 is 11.1. The molecule has 0 fully saturated rings. The summed E-state index contributed by atoms with van der Waals surface area (Å²) in [5, 5.41) is 13.4. The van der Waals surface area contributed by atoms with Gasteiger partial charge in [0.15, 0.2) is 11.5 Å². The molecule has 0 aliphatic rings. The van der Waals surface area contributed by atoms with Crippen molar-refractivity contribution in [1.82, 2.24) is 0 Å². The summed E-state index contributed by atoms with van der Waals surface area (Å²) >= 11 is 3.37. The second-order valence-electron chi connectivity index (χ2n) is 4.84. The van der Waals surface area contributed by atoms with Crippen molar-refractivity contribution in [3.8, 4) is 11.5 Å². The maximum absolute atomic E-state index is 12.0. The van der Waals surface area contributed by atoms with E-state index in [1.54, 1.807) is 24.3 Å². The molecule has 2 aromatic carbocycles. The second-order valence-corrected chi connectivity index (χ2v) is 5.69. The third kappa shape index (κ3) is 4.57. The number of nitro groups is 1. The number of hydrogen-bond donors (Lipinski definition) is 1. The monoisotopic (exact) mass is 406 g/mol. The van der Waals surface area contributed by atoms with Gasteiger partial charge >= 0.3 is 0 Å². The Morgan fingerprint density at radius 1 is 1.24 bits per heavy atom. The van der Waals surface area contributed by atoms with Gasteiger partial charge in [0.25, 0.3) is 5.69 Å². The number of rotatable bonds is 6. The van der Waals surface area contributed by atoms with Gasteiger partial charge in [-0.15, -0.1) is 0 Å². The first kappa shape index (κ1) is 18.5. The number of methoxy groups -OCH3 is 2. The van der Waals surface area contributed by atoms with E-state index in [1.165, 1.54) is 38.5 Å². The number of ether oxygens (including phenoxy) is 2. The number of nitrogens with one attached hydrogen (secondary N) is 1. The normalized spacial score (nSPS) is 10.5. The van der Waals surface area contributed by atoms with Crippen LogP contribution in [-0.2, 0) is 4.79 Å². The predicted molar refractivity (Wildman–Crippen MR) is 98.0 cm³/mol. The van der Waals surface area contributed by atoms with Crippen molar-refractivity contribution in [2.24, 2.45) is 0 Å². The molecule has 7 nitrogen and oxygen atoms in total. The van der Waals surface area contributed by atoms with Crippen molar-refractivity contribution < 1.29 is 19.2 Å². The SMILES string of the molecule is COc1cc(/C=C/C(=O)Nc2ccccc2[N+](=O)[O-])cc(Br)c1OC. The third-order valence-corrected chi connectivity index (χ3v) is 3.83. The van der Waals surface area contributed by atoms with Crippen LogP contribution in [0, 0.1) is 10.1 Å². The van der Waals surface area contributed by atoms with Crippen LogP contribution in [0.15, 0.2) is 46.9 Å². The van der Waals surface area contributed by atoms with Gasteiger partial charge in [0.05, 0.1) is 23.6 Å². The first-order chi connectivity index (χ1) is 12.0. The molecule has 0 aromatic heterocycles. The minimum atomic E-state index is -0.551. The molecule has 0 atom stereocenters. The second kappa shape index (κ2) is 8.29. The molecule has 0 spiro atoms. The van der Waals surface area contributed by atoms with Crippen LogP contribution in [0.1, 0.15) is 5.56 Å². The summed E-state index contributed by atoms with van der Waals surface area (Å²) in [6.07, 6.45) is 2.85. The molecule has 2 rings (SSSR count). The third-order valence-electron chi connectivity index (χ3n) is 3.24. The van der Waals surface area contributed by atoms with Crippen molar-refractivity contribution in [3.05, 3.63) is 62.6 Å². The Hall–Kier alpha value is -2.87. The zero-order chi connectivity index (χ0) is 18.4. The van der Waals surface area contributed by atoms with E-state index in [1.807, 2.05) is 0 Å². The molecule has 0 heterocycles.